The van der Waals surface area contributed by atoms with Crippen molar-refractivity contribution >= 4 is 17.4 Å². The number of hydrogen-bond acceptors (Lipinski definition) is 6. The Kier molecular flexibility index (Phi) is 3.64. The lowest BCUT2D eigenvalue weighted by atomic mass is 10.5. The summed E-state index contributed by atoms with van der Waals surface area (Å²) in [6, 6.07) is 1.63. The SMILES string of the molecule is COc1nn(CC(=O)Nc2ccn(C)n2)cc1[N+](=O)[O-]. The number of aryl methyl sites for hydroxylation is 1. The van der Waals surface area contributed by atoms with Gasteiger partial charge in [-0.15, -0.1) is 5.10 Å². The van der Waals surface area contributed by atoms with Crippen LogP contribution in [0.3, 0.4) is 0 Å². The van der Waals surface area contributed by atoms with E-state index < -0.39 is 10.8 Å². The van der Waals surface area contributed by atoms with Gasteiger partial charge in [0.05, 0.1) is 12.0 Å². The minimum Gasteiger partial charge on any atom is -0.475 e. The molecule has 0 atom stereocenters. The van der Waals surface area contributed by atoms with E-state index in [1.807, 2.05) is 0 Å². The molecule has 0 aromatic carbocycles. The number of amides is 1. The van der Waals surface area contributed by atoms with Crippen molar-refractivity contribution in [1.82, 2.24) is 19.6 Å². The number of aromatic nitrogens is 4. The third kappa shape index (κ3) is 2.91. The number of carbonyl (C=O) groups is 1. The first-order chi connectivity index (χ1) is 9.49. The van der Waals surface area contributed by atoms with E-state index in [-0.39, 0.29) is 18.1 Å². The number of anilines is 1. The number of methoxy groups -OCH3 is 1. The number of hydrogen-bond donors (Lipinski definition) is 1. The first kappa shape index (κ1) is 13.5. The first-order valence-electron chi connectivity index (χ1n) is 5.55. The summed E-state index contributed by atoms with van der Waals surface area (Å²) in [5.41, 5.74) is -0.293. The largest absolute Gasteiger partial charge is 0.475 e. The highest BCUT2D eigenvalue weighted by molar-refractivity contribution is 5.89. The fourth-order valence-electron chi connectivity index (χ4n) is 1.56. The van der Waals surface area contributed by atoms with Gasteiger partial charge in [0.2, 0.25) is 5.91 Å². The van der Waals surface area contributed by atoms with Gasteiger partial charge in [0.15, 0.2) is 5.82 Å². The van der Waals surface area contributed by atoms with Gasteiger partial charge in [-0.3, -0.25) is 24.3 Å². The molecule has 0 fully saturated rings. The Morgan fingerprint density at radius 1 is 1.55 bits per heavy atom. The molecule has 0 bridgehead atoms. The molecule has 0 aliphatic heterocycles. The maximum absolute atomic E-state index is 11.7. The van der Waals surface area contributed by atoms with E-state index in [2.05, 4.69) is 15.5 Å². The van der Waals surface area contributed by atoms with Crippen LogP contribution in [0.2, 0.25) is 0 Å². The van der Waals surface area contributed by atoms with Crippen LogP contribution >= 0.6 is 0 Å². The molecule has 2 heterocycles. The number of nitro groups is 1. The molecule has 106 valence electrons. The second-order valence-electron chi connectivity index (χ2n) is 3.90. The minimum absolute atomic E-state index is 0.138. The van der Waals surface area contributed by atoms with Crippen LogP contribution in [0.15, 0.2) is 18.5 Å². The zero-order valence-electron chi connectivity index (χ0n) is 10.8. The van der Waals surface area contributed by atoms with Gasteiger partial charge in [0.25, 0.3) is 0 Å². The van der Waals surface area contributed by atoms with E-state index in [0.29, 0.717) is 5.82 Å². The molecular weight excluding hydrogens is 268 g/mol. The lowest BCUT2D eigenvalue weighted by Crippen LogP contribution is -2.19. The normalized spacial score (nSPS) is 10.3. The van der Waals surface area contributed by atoms with Crippen LogP contribution in [0.5, 0.6) is 5.88 Å². The average Bonchev–Trinajstić information content (AvgIpc) is 2.95. The van der Waals surface area contributed by atoms with Gasteiger partial charge in [-0.05, 0) is 0 Å². The third-order valence-electron chi connectivity index (χ3n) is 2.39. The number of nitrogens with one attached hydrogen (secondary N) is 1. The smallest absolute Gasteiger partial charge is 0.350 e. The van der Waals surface area contributed by atoms with Crippen LogP contribution in [0.4, 0.5) is 11.5 Å². The standard InChI is InChI=1S/C10H12N6O4/c1-14-4-3-8(12-14)11-9(17)6-15-5-7(16(18)19)10(13-15)20-2/h3-5H,6H2,1-2H3,(H,11,12,17). The molecule has 0 unspecified atom stereocenters. The van der Waals surface area contributed by atoms with Crippen LogP contribution in [0.1, 0.15) is 0 Å². The van der Waals surface area contributed by atoms with Gasteiger partial charge in [-0.1, -0.05) is 0 Å². The molecule has 1 N–H and O–H groups in total. The molecular formula is C10H12N6O4. The summed E-state index contributed by atoms with van der Waals surface area (Å²) in [5, 5.41) is 21.1. The summed E-state index contributed by atoms with van der Waals surface area (Å²) in [4.78, 5) is 21.8. The Hall–Kier alpha value is -2.91. The van der Waals surface area contributed by atoms with Crippen LogP contribution < -0.4 is 10.1 Å². The monoisotopic (exact) mass is 280 g/mol. The Labute approximate surface area is 113 Å². The highest BCUT2D eigenvalue weighted by Crippen LogP contribution is 2.23. The van der Waals surface area contributed by atoms with Crippen molar-refractivity contribution in [3.63, 3.8) is 0 Å². The van der Waals surface area contributed by atoms with E-state index in [9.17, 15) is 14.9 Å². The molecule has 2 aromatic rings. The van der Waals surface area contributed by atoms with Gasteiger partial charge >= 0.3 is 11.6 Å². The summed E-state index contributed by atoms with van der Waals surface area (Å²) >= 11 is 0. The average molecular weight is 280 g/mol. The molecule has 0 aliphatic rings. The highest BCUT2D eigenvalue weighted by Gasteiger charge is 2.21. The third-order valence-corrected chi connectivity index (χ3v) is 2.39. The molecule has 0 saturated heterocycles. The molecule has 0 spiro atoms. The molecule has 0 saturated carbocycles. The van der Waals surface area contributed by atoms with Crippen molar-refractivity contribution < 1.29 is 14.5 Å². The second kappa shape index (κ2) is 5.38. The number of ether oxygens (including phenoxy) is 1. The van der Waals surface area contributed by atoms with E-state index in [1.165, 1.54) is 11.8 Å². The molecule has 2 aromatic heterocycles. The number of rotatable bonds is 5. The summed E-state index contributed by atoms with van der Waals surface area (Å²) < 4.78 is 7.44. The highest BCUT2D eigenvalue weighted by atomic mass is 16.6. The molecule has 2 rings (SSSR count). The molecule has 10 nitrogen and oxygen atoms in total. The first-order valence-corrected chi connectivity index (χ1v) is 5.55. The topological polar surface area (TPSA) is 117 Å². The summed E-state index contributed by atoms with van der Waals surface area (Å²) in [5.74, 6) is -0.143. The number of carbonyl (C=O) groups excluding carboxylic acids is 1. The fraction of sp³-hybridized carbons (Fsp3) is 0.300. The van der Waals surface area contributed by atoms with E-state index in [4.69, 9.17) is 4.74 Å². The van der Waals surface area contributed by atoms with E-state index >= 15 is 0 Å². The quantitative estimate of drug-likeness (QED) is 0.616. The minimum atomic E-state index is -0.626. The second-order valence-corrected chi connectivity index (χ2v) is 3.90. The number of nitrogens with zero attached hydrogens (tertiary/aromatic N) is 5. The molecule has 0 aliphatic carbocycles. The van der Waals surface area contributed by atoms with Gasteiger partial charge in [-0.2, -0.15) is 5.10 Å². The van der Waals surface area contributed by atoms with E-state index in [0.717, 1.165) is 10.9 Å². The van der Waals surface area contributed by atoms with Crippen molar-refractivity contribution in [3.05, 3.63) is 28.6 Å². The summed E-state index contributed by atoms with van der Waals surface area (Å²) in [6.07, 6.45) is 2.81. The predicted molar refractivity (Wildman–Crippen MR) is 67.3 cm³/mol. The van der Waals surface area contributed by atoms with Crippen LogP contribution in [-0.4, -0.2) is 37.5 Å². The zero-order chi connectivity index (χ0) is 14.7. The van der Waals surface area contributed by atoms with Crippen molar-refractivity contribution in [2.75, 3.05) is 12.4 Å². The lowest BCUT2D eigenvalue weighted by molar-refractivity contribution is -0.385. The summed E-state index contributed by atoms with van der Waals surface area (Å²) in [7, 11) is 2.99. The van der Waals surface area contributed by atoms with Crippen LogP contribution in [0.25, 0.3) is 0 Å². The lowest BCUT2D eigenvalue weighted by Gasteiger charge is -2.01. The Morgan fingerprint density at radius 2 is 2.30 bits per heavy atom. The Balaban J connectivity index is 2.06. The fourth-order valence-corrected chi connectivity index (χ4v) is 1.56. The van der Waals surface area contributed by atoms with Gasteiger partial charge < -0.3 is 10.1 Å². The van der Waals surface area contributed by atoms with E-state index in [1.54, 1.807) is 19.3 Å². The molecule has 20 heavy (non-hydrogen) atoms. The van der Waals surface area contributed by atoms with Crippen LogP contribution in [0, 0.1) is 10.1 Å². The van der Waals surface area contributed by atoms with Crippen molar-refractivity contribution in [2.45, 2.75) is 6.54 Å². The van der Waals surface area contributed by atoms with Crippen molar-refractivity contribution in [1.29, 1.82) is 0 Å². The Bertz CT molecular complexity index is 646. The maximum Gasteiger partial charge on any atom is 0.350 e. The van der Waals surface area contributed by atoms with Crippen molar-refractivity contribution in [3.8, 4) is 5.88 Å². The molecule has 0 radical (unpaired) electrons. The predicted octanol–water partition coefficient (Wildman–Crippen LogP) is 0.172. The zero-order valence-corrected chi connectivity index (χ0v) is 10.8. The molecule has 1 amide bonds. The summed E-state index contributed by atoms with van der Waals surface area (Å²) in [6.45, 7) is -0.180. The van der Waals surface area contributed by atoms with Crippen molar-refractivity contribution in [2.24, 2.45) is 7.05 Å². The Morgan fingerprint density at radius 3 is 2.80 bits per heavy atom. The molecule has 10 heteroatoms. The van der Waals surface area contributed by atoms with Gasteiger partial charge in [0, 0.05) is 19.3 Å². The van der Waals surface area contributed by atoms with Gasteiger partial charge in [0.1, 0.15) is 12.7 Å². The van der Waals surface area contributed by atoms with Crippen LogP contribution in [-0.2, 0) is 18.4 Å². The van der Waals surface area contributed by atoms with Gasteiger partial charge in [-0.25, -0.2) is 0 Å². The maximum atomic E-state index is 11.7.